The molecule has 0 spiro atoms. The van der Waals surface area contributed by atoms with E-state index in [0.717, 1.165) is 0 Å². The zero-order valence-corrected chi connectivity index (χ0v) is 22.1. The molecule has 0 saturated carbocycles. The zero-order chi connectivity index (χ0) is 17.4. The van der Waals surface area contributed by atoms with Gasteiger partial charge in [-0.15, -0.1) is 17.0 Å². The Kier molecular flexibility index (Phi) is 26.9. The highest BCUT2D eigenvalue weighted by molar-refractivity contribution is 8.93. The fourth-order valence-electron chi connectivity index (χ4n) is 3.61. The third kappa shape index (κ3) is 17.2. The van der Waals surface area contributed by atoms with Crippen LogP contribution in [0.4, 0.5) is 0 Å². The van der Waals surface area contributed by atoms with Gasteiger partial charge < -0.3 is 22.3 Å². The summed E-state index contributed by atoms with van der Waals surface area (Å²) in [7, 11) is -0.650. The summed E-state index contributed by atoms with van der Waals surface area (Å²) >= 11 is 0. The maximum atomic E-state index is 3.71. The van der Waals surface area contributed by atoms with Crippen molar-refractivity contribution >= 4 is 24.2 Å². The second kappa shape index (κ2) is 21.6. The molecule has 0 aliphatic carbocycles. The predicted molar refractivity (Wildman–Crippen MR) is 123 cm³/mol. The topological polar surface area (TPSA) is 12.0 Å². The Morgan fingerprint density at radius 3 is 1.52 bits per heavy atom. The molecular weight excluding hydrogens is 457 g/mol. The minimum atomic E-state index is -0.650. The molecule has 0 heterocycles. The van der Waals surface area contributed by atoms with Crippen LogP contribution in [0.3, 0.4) is 0 Å². The van der Waals surface area contributed by atoms with Gasteiger partial charge in [0.25, 0.3) is 0 Å². The van der Waals surface area contributed by atoms with Gasteiger partial charge in [-0.05, 0) is 52.0 Å². The number of rotatable bonds is 17. The minimum absolute atomic E-state index is 0. The maximum absolute atomic E-state index is 3.71. The van der Waals surface area contributed by atoms with Gasteiger partial charge in [0.1, 0.15) is 0 Å². The van der Waals surface area contributed by atoms with Crippen LogP contribution in [0, 0.1) is 0 Å². The molecule has 0 bridgehead atoms. The van der Waals surface area contributed by atoms with Gasteiger partial charge >= 0.3 is 0 Å². The van der Waals surface area contributed by atoms with Crippen molar-refractivity contribution < 1.29 is 17.0 Å². The molecule has 4 heteroatoms. The first-order valence-electron chi connectivity index (χ1n) is 10.7. The average Bonchev–Trinajstić information content (AvgIpc) is 2.55. The van der Waals surface area contributed by atoms with E-state index in [0.29, 0.717) is 6.04 Å². The van der Waals surface area contributed by atoms with Crippen molar-refractivity contribution in [2.24, 2.45) is 0 Å². The molecule has 1 nitrogen and oxygen atoms in total. The van der Waals surface area contributed by atoms with Crippen LogP contribution >= 0.6 is 24.2 Å². The van der Waals surface area contributed by atoms with E-state index in [1.54, 1.807) is 24.6 Å². The highest BCUT2D eigenvalue weighted by Gasteiger charge is 2.34. The normalized spacial score (nSPS) is 12.4. The zero-order valence-electron chi connectivity index (χ0n) is 17.9. The Morgan fingerprint density at radius 2 is 1.12 bits per heavy atom. The molecule has 0 aromatic carbocycles. The van der Waals surface area contributed by atoms with Crippen LogP contribution in [0.2, 0.25) is 0 Å². The van der Waals surface area contributed by atoms with Crippen LogP contribution in [0.15, 0.2) is 0 Å². The van der Waals surface area contributed by atoms with E-state index < -0.39 is 7.26 Å². The van der Waals surface area contributed by atoms with Gasteiger partial charge in [0.2, 0.25) is 0 Å². The van der Waals surface area contributed by atoms with Gasteiger partial charge in [-0.1, -0.05) is 53.4 Å². The monoisotopic (exact) mass is 503 g/mol. The first-order chi connectivity index (χ1) is 11.1. The smallest absolute Gasteiger partial charge is 0.0594 e. The molecule has 0 aromatic heterocycles. The minimum Gasteiger partial charge on any atom is -1.00 e. The Balaban J connectivity index is -0.00000242. The molecule has 0 aliphatic heterocycles. The Hall–Kier alpha value is 1.35. The third-order valence-electron chi connectivity index (χ3n) is 5.23. The molecule has 156 valence electrons. The van der Waals surface area contributed by atoms with Gasteiger partial charge in [-0.25, -0.2) is 0 Å². The summed E-state index contributed by atoms with van der Waals surface area (Å²) in [6, 6.07) is 0.708. The average molecular weight is 505 g/mol. The lowest BCUT2D eigenvalue weighted by atomic mass is 10.2. The second-order valence-electron chi connectivity index (χ2n) is 7.65. The largest absolute Gasteiger partial charge is 1.00 e. The van der Waals surface area contributed by atoms with Crippen molar-refractivity contribution in [2.75, 3.05) is 31.2 Å². The predicted octanol–water partition coefficient (Wildman–Crippen LogP) is 4.54. The van der Waals surface area contributed by atoms with Gasteiger partial charge in [0, 0.05) is 13.3 Å². The lowest BCUT2D eigenvalue weighted by Gasteiger charge is -2.28. The molecule has 0 aliphatic rings. The molecule has 0 radical (unpaired) electrons. The molecule has 0 rings (SSSR count). The molecule has 1 atom stereocenters. The highest BCUT2D eigenvalue weighted by Crippen LogP contribution is 2.61. The third-order valence-corrected chi connectivity index (χ3v) is 10.3. The van der Waals surface area contributed by atoms with E-state index in [1.165, 1.54) is 70.8 Å². The fourth-order valence-corrected chi connectivity index (χ4v) is 8.80. The van der Waals surface area contributed by atoms with Gasteiger partial charge in [-0.2, -0.15) is 0 Å². The number of unbranched alkanes of at least 4 members (excludes halogenated alkanes) is 4. The van der Waals surface area contributed by atoms with Crippen LogP contribution in [-0.2, 0) is 0 Å². The van der Waals surface area contributed by atoms with Crippen LogP contribution in [0.1, 0.15) is 98.8 Å². The van der Waals surface area contributed by atoms with Crippen molar-refractivity contribution in [3.8, 4) is 0 Å². The Morgan fingerprint density at radius 1 is 0.680 bits per heavy atom. The van der Waals surface area contributed by atoms with E-state index in [4.69, 9.17) is 0 Å². The summed E-state index contributed by atoms with van der Waals surface area (Å²) in [6.45, 7) is 13.0. The maximum Gasteiger partial charge on any atom is 0.0594 e. The molecule has 0 fully saturated rings. The van der Waals surface area contributed by atoms with Crippen LogP contribution < -0.4 is 22.3 Å². The lowest BCUT2D eigenvalue weighted by Crippen LogP contribution is -3.00. The van der Waals surface area contributed by atoms with Crippen molar-refractivity contribution in [1.29, 1.82) is 0 Å². The van der Waals surface area contributed by atoms with E-state index in [9.17, 15) is 0 Å². The van der Waals surface area contributed by atoms with Crippen LogP contribution in [0.5, 0.6) is 0 Å². The second-order valence-corrected chi connectivity index (χ2v) is 12.1. The summed E-state index contributed by atoms with van der Waals surface area (Å²) in [5.41, 5.74) is 0. The Bertz CT molecular complexity index is 230. The standard InChI is InChI=1S/C21H47NP.2BrH/c1-6-10-17-23(18-11-7-2,19-12-8-3)20-14-13-16-22-21(5)15-9-4;;/h21-22H,6-20H2,1-5H3;2*1H/q+1;;/p-1. The van der Waals surface area contributed by atoms with E-state index >= 15 is 0 Å². The van der Waals surface area contributed by atoms with E-state index in [-0.39, 0.29) is 34.0 Å². The molecule has 0 amide bonds. The molecule has 1 unspecified atom stereocenters. The molecule has 25 heavy (non-hydrogen) atoms. The number of hydrogen-bond donors (Lipinski definition) is 1. The van der Waals surface area contributed by atoms with Gasteiger partial charge in [0.05, 0.1) is 24.6 Å². The molecular formula is C21H48Br2NP. The first kappa shape index (κ1) is 31.1. The number of halogens is 2. The van der Waals surface area contributed by atoms with E-state index in [1.807, 2.05) is 0 Å². The number of hydrogen-bond acceptors (Lipinski definition) is 1. The highest BCUT2D eigenvalue weighted by atomic mass is 79.9. The summed E-state index contributed by atoms with van der Waals surface area (Å²) in [6.07, 6.45) is 20.4. The quantitative estimate of drug-likeness (QED) is 0.226. The summed E-state index contributed by atoms with van der Waals surface area (Å²) < 4.78 is 0. The lowest BCUT2D eigenvalue weighted by molar-refractivity contribution is -0.00000563. The Labute approximate surface area is 182 Å². The van der Waals surface area contributed by atoms with Crippen LogP contribution in [0.25, 0.3) is 0 Å². The molecule has 0 aromatic rings. The fraction of sp³-hybridized carbons (Fsp3) is 1.00. The summed E-state index contributed by atoms with van der Waals surface area (Å²) in [4.78, 5) is 0. The summed E-state index contributed by atoms with van der Waals surface area (Å²) in [5, 5.41) is 3.71. The SMILES string of the molecule is Br.CCCC[P+](CCCC)(CCCC)CCCCNC(C)CCC.[Br-]. The molecule has 1 N–H and O–H groups in total. The van der Waals surface area contributed by atoms with Gasteiger partial charge in [0.15, 0.2) is 0 Å². The van der Waals surface area contributed by atoms with Crippen molar-refractivity contribution in [3.05, 3.63) is 0 Å². The van der Waals surface area contributed by atoms with Crippen molar-refractivity contribution in [2.45, 2.75) is 105 Å². The van der Waals surface area contributed by atoms with Crippen molar-refractivity contribution in [3.63, 3.8) is 0 Å². The van der Waals surface area contributed by atoms with Crippen molar-refractivity contribution in [1.82, 2.24) is 5.32 Å². The van der Waals surface area contributed by atoms with Crippen LogP contribution in [-0.4, -0.2) is 37.2 Å². The van der Waals surface area contributed by atoms with Gasteiger partial charge in [-0.3, -0.25) is 0 Å². The number of nitrogens with one attached hydrogen (secondary N) is 1. The molecule has 0 saturated heterocycles. The first-order valence-corrected chi connectivity index (χ1v) is 13.3. The van der Waals surface area contributed by atoms with E-state index in [2.05, 4.69) is 39.9 Å². The summed E-state index contributed by atoms with van der Waals surface area (Å²) in [5.74, 6) is 0.